The molecule has 11 heavy (non-hydrogen) atoms. The molecule has 0 bridgehead atoms. The lowest BCUT2D eigenvalue weighted by molar-refractivity contribution is 1.49. The van der Waals surface area contributed by atoms with Gasteiger partial charge in [-0.15, -0.1) is 12.4 Å². The van der Waals surface area contributed by atoms with Gasteiger partial charge in [0.05, 0.1) is 0 Å². The molecule has 0 amide bonds. The van der Waals surface area contributed by atoms with Crippen LogP contribution in [0.1, 0.15) is 0 Å². The van der Waals surface area contributed by atoms with Gasteiger partial charge in [-0.3, -0.25) is 0 Å². The van der Waals surface area contributed by atoms with E-state index in [1.165, 1.54) is 0 Å². The van der Waals surface area contributed by atoms with Gasteiger partial charge in [0.25, 0.3) is 0 Å². The summed E-state index contributed by atoms with van der Waals surface area (Å²) < 4.78 is 1.03. The average molecular weight is 257 g/mol. The topological polar surface area (TPSA) is 12.0 Å². The maximum absolute atomic E-state index is 5.73. The van der Waals surface area contributed by atoms with Crippen LogP contribution in [0.5, 0.6) is 0 Å². The van der Waals surface area contributed by atoms with Crippen molar-refractivity contribution in [1.29, 1.82) is 0 Å². The molecule has 0 aromatic heterocycles. The first-order valence-electron chi connectivity index (χ1n) is 2.87. The van der Waals surface area contributed by atoms with Gasteiger partial charge in [0.2, 0.25) is 0 Å². The molecule has 0 saturated carbocycles. The van der Waals surface area contributed by atoms with Crippen LogP contribution in [0, 0.1) is 0 Å². The molecule has 0 unspecified atom stereocenters. The van der Waals surface area contributed by atoms with Crippen LogP contribution in [0.4, 0.5) is 5.69 Å². The zero-order valence-corrected chi connectivity index (χ0v) is 9.05. The second-order valence-corrected chi connectivity index (χ2v) is 3.16. The lowest BCUT2D eigenvalue weighted by atomic mass is 10.3. The second-order valence-electron chi connectivity index (χ2n) is 1.87. The smallest absolute Gasteiger partial charge is 0.0496 e. The molecule has 0 radical (unpaired) electrons. The number of hydrogen-bond donors (Lipinski definition) is 1. The largest absolute Gasteiger partial charge is 0.387 e. The molecule has 0 spiro atoms. The lowest BCUT2D eigenvalue weighted by Crippen LogP contribution is -1.87. The Labute approximate surface area is 85.7 Å². The van der Waals surface area contributed by atoms with Gasteiger partial charge in [0.1, 0.15) is 0 Å². The van der Waals surface area contributed by atoms with Gasteiger partial charge in [-0.25, -0.2) is 0 Å². The molecule has 1 aromatic carbocycles. The Kier molecular flexibility index (Phi) is 4.89. The van der Waals surface area contributed by atoms with Crippen LogP contribution >= 0.6 is 39.9 Å². The molecule has 0 atom stereocenters. The molecular weight excluding hydrogens is 249 g/mol. The van der Waals surface area contributed by atoms with E-state index in [4.69, 9.17) is 11.6 Å². The predicted octanol–water partition coefficient (Wildman–Crippen LogP) is 3.57. The first-order chi connectivity index (χ1) is 4.74. The van der Waals surface area contributed by atoms with Crippen molar-refractivity contribution in [3.05, 3.63) is 27.7 Å². The summed E-state index contributed by atoms with van der Waals surface area (Å²) in [5.41, 5.74) is 1.01. The summed E-state index contributed by atoms with van der Waals surface area (Å²) >= 11 is 9.10. The Hall–Kier alpha value is 0.0800. The molecule has 0 aliphatic rings. The van der Waals surface area contributed by atoms with Crippen LogP contribution in [0.15, 0.2) is 22.7 Å². The summed E-state index contributed by atoms with van der Waals surface area (Å²) in [5.74, 6) is 0. The molecule has 0 aliphatic carbocycles. The van der Waals surface area contributed by atoms with Crippen LogP contribution in [0.3, 0.4) is 0 Å². The number of anilines is 1. The van der Waals surface area contributed by atoms with Crippen molar-refractivity contribution in [2.45, 2.75) is 0 Å². The third kappa shape index (κ3) is 2.89. The van der Waals surface area contributed by atoms with Gasteiger partial charge in [0.15, 0.2) is 0 Å². The van der Waals surface area contributed by atoms with E-state index in [-0.39, 0.29) is 12.4 Å². The molecule has 1 rings (SSSR count). The fraction of sp³-hybridized carbons (Fsp3) is 0.143. The van der Waals surface area contributed by atoms with Crippen LogP contribution in [-0.2, 0) is 0 Å². The highest BCUT2D eigenvalue weighted by Crippen LogP contribution is 2.24. The lowest BCUT2D eigenvalue weighted by Gasteiger charge is -2.02. The molecule has 1 nitrogen and oxygen atoms in total. The van der Waals surface area contributed by atoms with Crippen LogP contribution in [0.2, 0.25) is 5.02 Å². The molecule has 1 aromatic rings. The highest BCUT2D eigenvalue weighted by molar-refractivity contribution is 9.10. The van der Waals surface area contributed by atoms with Crippen molar-refractivity contribution in [2.75, 3.05) is 12.4 Å². The number of benzene rings is 1. The highest BCUT2D eigenvalue weighted by atomic mass is 79.9. The SMILES string of the molecule is CNc1cc(Cl)ccc1Br.Cl. The van der Waals surface area contributed by atoms with Gasteiger partial charge in [-0.1, -0.05) is 11.6 Å². The minimum atomic E-state index is 0. The van der Waals surface area contributed by atoms with E-state index in [2.05, 4.69) is 21.2 Å². The fourth-order valence-electron chi connectivity index (χ4n) is 0.689. The minimum Gasteiger partial charge on any atom is -0.387 e. The number of rotatable bonds is 1. The van der Waals surface area contributed by atoms with Crippen LogP contribution in [-0.4, -0.2) is 7.05 Å². The summed E-state index contributed by atoms with van der Waals surface area (Å²) in [6, 6.07) is 5.62. The molecule has 4 heteroatoms. The molecular formula is C7H8BrCl2N. The molecule has 0 aliphatic heterocycles. The van der Waals surface area contributed by atoms with Gasteiger partial charge in [0, 0.05) is 22.2 Å². The Bertz CT molecular complexity index is 240. The second kappa shape index (κ2) is 4.86. The summed E-state index contributed by atoms with van der Waals surface area (Å²) in [4.78, 5) is 0. The standard InChI is InChI=1S/C7H7BrClN.ClH/c1-10-7-4-5(9)2-3-6(7)8;/h2-4,10H,1H3;1H. The third-order valence-corrected chi connectivity index (χ3v) is 2.12. The third-order valence-electron chi connectivity index (χ3n) is 1.20. The van der Waals surface area contributed by atoms with Crippen LogP contribution < -0.4 is 5.32 Å². The maximum atomic E-state index is 5.73. The van der Waals surface area contributed by atoms with E-state index in [1.54, 1.807) is 0 Å². The molecule has 0 heterocycles. The first-order valence-corrected chi connectivity index (χ1v) is 4.04. The molecule has 1 N–H and O–H groups in total. The van der Waals surface area contributed by atoms with Crippen molar-refractivity contribution in [3.8, 4) is 0 Å². The minimum absolute atomic E-state index is 0. The Morgan fingerprint density at radius 2 is 2.09 bits per heavy atom. The number of nitrogens with one attached hydrogen (secondary N) is 1. The van der Waals surface area contributed by atoms with E-state index in [9.17, 15) is 0 Å². The van der Waals surface area contributed by atoms with E-state index in [0.29, 0.717) is 0 Å². The van der Waals surface area contributed by atoms with Crippen molar-refractivity contribution in [1.82, 2.24) is 0 Å². The van der Waals surface area contributed by atoms with E-state index in [0.717, 1.165) is 15.2 Å². The van der Waals surface area contributed by atoms with Crippen LogP contribution in [0.25, 0.3) is 0 Å². The molecule has 0 saturated heterocycles. The zero-order chi connectivity index (χ0) is 7.56. The quantitative estimate of drug-likeness (QED) is 0.810. The molecule has 0 fully saturated rings. The summed E-state index contributed by atoms with van der Waals surface area (Å²) in [6.45, 7) is 0. The van der Waals surface area contributed by atoms with Gasteiger partial charge >= 0.3 is 0 Å². The normalized spacial score (nSPS) is 8.64. The van der Waals surface area contributed by atoms with Gasteiger partial charge < -0.3 is 5.32 Å². The van der Waals surface area contributed by atoms with E-state index < -0.39 is 0 Å². The van der Waals surface area contributed by atoms with Gasteiger partial charge in [-0.2, -0.15) is 0 Å². The van der Waals surface area contributed by atoms with Crippen molar-refractivity contribution < 1.29 is 0 Å². The Balaban J connectivity index is 0.000001000. The predicted molar refractivity (Wildman–Crippen MR) is 55.9 cm³/mol. The number of hydrogen-bond acceptors (Lipinski definition) is 1. The average Bonchev–Trinajstić information content (AvgIpc) is 1.94. The Morgan fingerprint density at radius 1 is 1.45 bits per heavy atom. The first kappa shape index (κ1) is 11.1. The fourth-order valence-corrected chi connectivity index (χ4v) is 1.31. The van der Waals surface area contributed by atoms with Crippen molar-refractivity contribution in [2.24, 2.45) is 0 Å². The van der Waals surface area contributed by atoms with E-state index >= 15 is 0 Å². The maximum Gasteiger partial charge on any atom is 0.0496 e. The van der Waals surface area contributed by atoms with Crippen molar-refractivity contribution >= 4 is 45.6 Å². The van der Waals surface area contributed by atoms with Gasteiger partial charge in [-0.05, 0) is 34.1 Å². The zero-order valence-electron chi connectivity index (χ0n) is 5.90. The molecule has 62 valence electrons. The summed E-state index contributed by atoms with van der Waals surface area (Å²) in [7, 11) is 1.86. The van der Waals surface area contributed by atoms with E-state index in [1.807, 2.05) is 25.2 Å². The monoisotopic (exact) mass is 255 g/mol. The number of halogens is 3. The summed E-state index contributed by atoms with van der Waals surface area (Å²) in [6.07, 6.45) is 0. The van der Waals surface area contributed by atoms with Crippen molar-refractivity contribution in [3.63, 3.8) is 0 Å². The summed E-state index contributed by atoms with van der Waals surface area (Å²) in [5, 5.41) is 3.75. The highest BCUT2D eigenvalue weighted by Gasteiger charge is 1.95. The Morgan fingerprint density at radius 3 is 2.55 bits per heavy atom.